The molecule has 2 N–H and O–H groups in total. The van der Waals surface area contributed by atoms with Crippen LogP contribution in [0.5, 0.6) is 0 Å². The van der Waals surface area contributed by atoms with Gasteiger partial charge in [0.25, 0.3) is 0 Å². The van der Waals surface area contributed by atoms with Gasteiger partial charge in [0, 0.05) is 19.6 Å². The molecule has 0 atom stereocenters. The molecule has 18 heavy (non-hydrogen) atoms. The van der Waals surface area contributed by atoms with E-state index in [-0.39, 0.29) is 6.09 Å². The Morgan fingerprint density at radius 1 is 1.28 bits per heavy atom. The zero-order valence-electron chi connectivity index (χ0n) is 11.6. The highest BCUT2D eigenvalue weighted by Gasteiger charge is 2.11. The molecule has 0 fully saturated rings. The lowest BCUT2D eigenvalue weighted by Gasteiger charge is -2.19. The minimum Gasteiger partial charge on any atom is -0.445 e. The van der Waals surface area contributed by atoms with E-state index in [1.165, 1.54) is 0 Å². The number of nitrogens with two attached hydrogens (primary N) is 1. The minimum absolute atomic E-state index is 0.306. The Morgan fingerprint density at radius 3 is 2.39 bits per heavy atom. The molecule has 1 aromatic carbocycles. The van der Waals surface area contributed by atoms with Crippen molar-refractivity contribution in [3.63, 3.8) is 0 Å². The molecule has 0 aliphatic rings. The average molecular weight is 252 g/mol. The molecule has 0 aliphatic heterocycles. The van der Waals surface area contributed by atoms with Crippen molar-refractivity contribution in [3.8, 4) is 0 Å². The van der Waals surface area contributed by atoms with Crippen LogP contribution in [-0.4, -0.2) is 30.6 Å². The maximum absolute atomic E-state index is 11.6. The molecule has 1 aromatic rings. The molecule has 0 saturated carbocycles. The lowest BCUT2D eigenvalue weighted by Crippen LogP contribution is -2.35. The number of ether oxygens (including phenoxy) is 1. The van der Waals surface area contributed by atoms with Gasteiger partial charge in [0.1, 0.15) is 6.61 Å². The Kier molecular flexibility index (Phi) is 9.68. The summed E-state index contributed by atoms with van der Waals surface area (Å²) in [6, 6.07) is 9.61. The molecule has 0 aliphatic carbocycles. The number of hydrogen-bond acceptors (Lipinski definition) is 3. The normalized spacial score (nSPS) is 9.11. The van der Waals surface area contributed by atoms with Gasteiger partial charge in [-0.05, 0) is 12.5 Å². The molecule has 4 heteroatoms. The summed E-state index contributed by atoms with van der Waals surface area (Å²) in [6.07, 6.45) is -0.309. The van der Waals surface area contributed by atoms with Crippen molar-refractivity contribution < 1.29 is 9.53 Å². The molecule has 0 aromatic heterocycles. The van der Waals surface area contributed by atoms with Gasteiger partial charge in [-0.25, -0.2) is 4.79 Å². The monoisotopic (exact) mass is 252 g/mol. The largest absolute Gasteiger partial charge is 0.445 e. The molecule has 0 radical (unpaired) electrons. The Bertz CT molecular complexity index is 315. The first-order chi connectivity index (χ1) is 8.77. The summed E-state index contributed by atoms with van der Waals surface area (Å²) in [5.74, 6) is 0. The number of carbonyl (C=O) groups is 1. The predicted molar refractivity (Wildman–Crippen MR) is 74.3 cm³/mol. The third-order valence-corrected chi connectivity index (χ3v) is 2.24. The van der Waals surface area contributed by atoms with Gasteiger partial charge in [-0.2, -0.15) is 0 Å². The number of rotatable bonds is 5. The van der Waals surface area contributed by atoms with Gasteiger partial charge in [0.15, 0.2) is 0 Å². The fraction of sp³-hybridized carbons (Fsp3) is 0.500. The van der Waals surface area contributed by atoms with Crippen LogP contribution in [0.4, 0.5) is 4.79 Å². The van der Waals surface area contributed by atoms with Crippen molar-refractivity contribution in [1.82, 2.24) is 4.90 Å². The molecule has 0 bridgehead atoms. The second-order valence-corrected chi connectivity index (χ2v) is 3.41. The number of benzene rings is 1. The van der Waals surface area contributed by atoms with Crippen LogP contribution < -0.4 is 5.73 Å². The van der Waals surface area contributed by atoms with E-state index in [2.05, 4.69) is 0 Å². The van der Waals surface area contributed by atoms with Crippen molar-refractivity contribution in [1.29, 1.82) is 0 Å². The molecule has 0 saturated heterocycles. The van der Waals surface area contributed by atoms with Gasteiger partial charge in [0.05, 0.1) is 0 Å². The third kappa shape index (κ3) is 6.25. The maximum Gasteiger partial charge on any atom is 0.410 e. The number of amides is 1. The van der Waals surface area contributed by atoms with Gasteiger partial charge in [-0.3, -0.25) is 0 Å². The van der Waals surface area contributed by atoms with E-state index in [4.69, 9.17) is 10.5 Å². The minimum atomic E-state index is -0.309. The number of likely N-dealkylation sites (N-methyl/N-ethyl adjacent to an activating group) is 1. The second-order valence-electron chi connectivity index (χ2n) is 3.41. The molecule has 0 heterocycles. The summed E-state index contributed by atoms with van der Waals surface area (Å²) in [5, 5.41) is 0. The Hall–Kier alpha value is -1.55. The van der Waals surface area contributed by atoms with Crippen LogP contribution >= 0.6 is 0 Å². The summed E-state index contributed by atoms with van der Waals surface area (Å²) < 4.78 is 5.17. The highest BCUT2D eigenvalue weighted by molar-refractivity contribution is 5.67. The van der Waals surface area contributed by atoms with E-state index < -0.39 is 0 Å². The third-order valence-electron chi connectivity index (χ3n) is 2.24. The molecule has 1 rings (SSSR count). The van der Waals surface area contributed by atoms with Crippen LogP contribution in [0.15, 0.2) is 30.3 Å². The first-order valence-corrected chi connectivity index (χ1v) is 6.43. The van der Waals surface area contributed by atoms with Gasteiger partial charge in [0.2, 0.25) is 0 Å². The smallest absolute Gasteiger partial charge is 0.410 e. The highest BCUT2D eigenvalue weighted by Crippen LogP contribution is 2.02. The summed E-state index contributed by atoms with van der Waals surface area (Å²) in [4.78, 5) is 13.2. The summed E-state index contributed by atoms with van der Waals surface area (Å²) >= 11 is 0. The van der Waals surface area contributed by atoms with E-state index in [1.807, 2.05) is 51.1 Å². The average Bonchev–Trinajstić information content (AvgIpc) is 2.45. The molecular formula is C14H24N2O2. The van der Waals surface area contributed by atoms with E-state index in [9.17, 15) is 4.79 Å². The van der Waals surface area contributed by atoms with Crippen LogP contribution in [0.1, 0.15) is 26.3 Å². The summed E-state index contributed by atoms with van der Waals surface area (Å²) in [7, 11) is 0. The molecule has 1 amide bonds. The zero-order chi connectivity index (χ0) is 13.8. The fourth-order valence-corrected chi connectivity index (χ4v) is 1.34. The predicted octanol–water partition coefficient (Wildman–Crippen LogP) is 2.63. The van der Waals surface area contributed by atoms with Crippen LogP contribution in [0, 0.1) is 0 Å². The second kappa shape index (κ2) is 10.6. The number of hydrogen-bond donors (Lipinski definition) is 1. The van der Waals surface area contributed by atoms with Crippen molar-refractivity contribution in [2.75, 3.05) is 19.6 Å². The molecule has 102 valence electrons. The van der Waals surface area contributed by atoms with Gasteiger partial charge < -0.3 is 15.4 Å². The molecule has 0 spiro atoms. The van der Waals surface area contributed by atoms with Crippen LogP contribution in [0.3, 0.4) is 0 Å². The highest BCUT2D eigenvalue weighted by atomic mass is 16.6. The fourth-order valence-electron chi connectivity index (χ4n) is 1.34. The van der Waals surface area contributed by atoms with E-state index in [0.29, 0.717) is 26.2 Å². The Balaban J connectivity index is 0.00000137. The van der Waals surface area contributed by atoms with E-state index >= 15 is 0 Å². The SMILES string of the molecule is CC.CCN(CCN)C(=O)OCc1ccccc1. The zero-order valence-corrected chi connectivity index (χ0v) is 11.6. The first kappa shape index (κ1) is 16.4. The Labute approximate surface area is 110 Å². The summed E-state index contributed by atoms with van der Waals surface area (Å²) in [6.45, 7) is 7.81. The van der Waals surface area contributed by atoms with Crippen molar-refractivity contribution in [2.24, 2.45) is 5.73 Å². The van der Waals surface area contributed by atoms with Crippen LogP contribution in [-0.2, 0) is 11.3 Å². The van der Waals surface area contributed by atoms with E-state index in [1.54, 1.807) is 4.90 Å². The van der Waals surface area contributed by atoms with E-state index in [0.717, 1.165) is 5.56 Å². The lowest BCUT2D eigenvalue weighted by atomic mass is 10.2. The maximum atomic E-state index is 11.6. The summed E-state index contributed by atoms with van der Waals surface area (Å²) in [5.41, 5.74) is 6.39. The molecule has 0 unspecified atom stereocenters. The lowest BCUT2D eigenvalue weighted by molar-refractivity contribution is 0.0990. The topological polar surface area (TPSA) is 55.6 Å². The molecule has 4 nitrogen and oxygen atoms in total. The van der Waals surface area contributed by atoms with Gasteiger partial charge in [-0.15, -0.1) is 0 Å². The van der Waals surface area contributed by atoms with Crippen molar-refractivity contribution in [3.05, 3.63) is 35.9 Å². The van der Waals surface area contributed by atoms with Crippen LogP contribution in [0.2, 0.25) is 0 Å². The Morgan fingerprint density at radius 2 is 1.89 bits per heavy atom. The standard InChI is InChI=1S/C12H18N2O2.C2H6/c1-2-14(9-8-13)12(15)16-10-11-6-4-3-5-7-11;1-2/h3-7H,2,8-10,13H2,1H3;1-2H3. The van der Waals surface area contributed by atoms with Gasteiger partial charge >= 0.3 is 6.09 Å². The van der Waals surface area contributed by atoms with Gasteiger partial charge in [-0.1, -0.05) is 44.2 Å². The van der Waals surface area contributed by atoms with Crippen molar-refractivity contribution >= 4 is 6.09 Å². The quantitative estimate of drug-likeness (QED) is 0.876. The number of nitrogens with zero attached hydrogens (tertiary/aromatic N) is 1. The van der Waals surface area contributed by atoms with Crippen LogP contribution in [0.25, 0.3) is 0 Å². The first-order valence-electron chi connectivity index (χ1n) is 6.43. The van der Waals surface area contributed by atoms with Crippen molar-refractivity contribution in [2.45, 2.75) is 27.4 Å². The number of carbonyl (C=O) groups excluding carboxylic acids is 1. The molecular weight excluding hydrogens is 228 g/mol.